The van der Waals surface area contributed by atoms with Gasteiger partial charge in [0.15, 0.2) is 0 Å². The van der Waals surface area contributed by atoms with Crippen LogP contribution in [0.5, 0.6) is 0 Å². The number of carbonyl (C=O) groups excluding carboxylic acids is 2. The monoisotopic (exact) mass is 443 g/mol. The fraction of sp³-hybridized carbons (Fsp3) is 0.263. The summed E-state index contributed by atoms with van der Waals surface area (Å²) in [6.07, 6.45) is 1.03. The quantitative estimate of drug-likeness (QED) is 0.667. The number of hydrazine groups is 1. The van der Waals surface area contributed by atoms with Crippen LogP contribution in [0, 0.1) is 11.7 Å². The largest absolute Gasteiger partial charge is 0.339 e. The molecule has 0 radical (unpaired) electrons. The molecule has 148 valence electrons. The normalized spacial score (nSPS) is 14.6. The maximum Gasteiger partial charge on any atom is 0.253 e. The molecule has 1 heterocycles. The number of likely N-dealkylation sites (tertiary alicyclic amines) is 1. The zero-order valence-electron chi connectivity index (χ0n) is 14.6. The van der Waals surface area contributed by atoms with Crippen molar-refractivity contribution >= 4 is 52.3 Å². The summed E-state index contributed by atoms with van der Waals surface area (Å²) in [6.45, 7) is 0.882. The second-order valence-electron chi connectivity index (χ2n) is 6.43. The van der Waals surface area contributed by atoms with Crippen molar-refractivity contribution in [3.63, 3.8) is 0 Å². The van der Waals surface area contributed by atoms with Crippen LogP contribution in [0.25, 0.3) is 0 Å². The maximum atomic E-state index is 13.0. The highest BCUT2D eigenvalue weighted by Gasteiger charge is 2.28. The van der Waals surface area contributed by atoms with Gasteiger partial charge in [0.05, 0.1) is 15.7 Å². The average Bonchev–Trinajstić information content (AvgIpc) is 2.67. The number of piperidine rings is 1. The summed E-state index contributed by atoms with van der Waals surface area (Å²) in [5.41, 5.74) is 6.13. The summed E-state index contributed by atoms with van der Waals surface area (Å²) in [4.78, 5) is 26.5. The predicted molar refractivity (Wildman–Crippen MR) is 108 cm³/mol. The fourth-order valence-corrected chi connectivity index (χ4v) is 3.92. The van der Waals surface area contributed by atoms with E-state index in [0.29, 0.717) is 42.2 Å². The zero-order chi connectivity index (χ0) is 20.3. The number of nitrogens with one attached hydrogen (secondary N) is 2. The van der Waals surface area contributed by atoms with Gasteiger partial charge in [-0.25, -0.2) is 4.39 Å². The molecule has 0 unspecified atom stereocenters. The van der Waals surface area contributed by atoms with Crippen LogP contribution in [-0.4, -0.2) is 29.8 Å². The number of anilines is 1. The number of benzene rings is 2. The van der Waals surface area contributed by atoms with Crippen molar-refractivity contribution in [2.24, 2.45) is 5.92 Å². The van der Waals surface area contributed by atoms with Crippen molar-refractivity contribution in [2.75, 3.05) is 18.5 Å². The standard InChI is InChI=1S/C19H17Cl3FN3O2/c20-13-9-15(21)17(16(22)10-13)24-25-18(27)11-5-7-26(8-6-11)19(28)12-1-3-14(23)4-2-12/h1-4,9-11,24H,5-8H2,(H,25,27). The molecule has 2 aromatic carbocycles. The van der Waals surface area contributed by atoms with Crippen molar-refractivity contribution < 1.29 is 14.0 Å². The van der Waals surface area contributed by atoms with Crippen LogP contribution in [0.3, 0.4) is 0 Å². The highest BCUT2D eigenvalue weighted by molar-refractivity contribution is 6.41. The number of hydrogen-bond donors (Lipinski definition) is 2. The highest BCUT2D eigenvalue weighted by Crippen LogP contribution is 2.33. The van der Waals surface area contributed by atoms with E-state index in [1.54, 1.807) is 4.90 Å². The summed E-state index contributed by atoms with van der Waals surface area (Å²) in [5, 5.41) is 0.972. The molecule has 9 heteroatoms. The van der Waals surface area contributed by atoms with E-state index in [2.05, 4.69) is 10.9 Å². The summed E-state index contributed by atoms with van der Waals surface area (Å²) in [5.74, 6) is -1.03. The van der Waals surface area contributed by atoms with E-state index < -0.39 is 0 Å². The second-order valence-corrected chi connectivity index (χ2v) is 7.68. The minimum absolute atomic E-state index is 0.170. The van der Waals surface area contributed by atoms with Crippen molar-refractivity contribution in [1.82, 2.24) is 10.3 Å². The molecule has 0 aliphatic carbocycles. The lowest BCUT2D eigenvalue weighted by Crippen LogP contribution is -2.44. The Kier molecular flexibility index (Phi) is 6.65. The van der Waals surface area contributed by atoms with Crippen molar-refractivity contribution in [3.05, 3.63) is 62.8 Å². The van der Waals surface area contributed by atoms with Gasteiger partial charge in [-0.15, -0.1) is 0 Å². The SMILES string of the molecule is O=C(NNc1c(Cl)cc(Cl)cc1Cl)C1CCN(C(=O)c2ccc(F)cc2)CC1. The summed E-state index contributed by atoms with van der Waals surface area (Å²) >= 11 is 18.0. The molecule has 0 bridgehead atoms. The third-order valence-electron chi connectivity index (χ3n) is 4.56. The average molecular weight is 445 g/mol. The number of rotatable bonds is 4. The molecular formula is C19H17Cl3FN3O2. The van der Waals surface area contributed by atoms with E-state index >= 15 is 0 Å². The van der Waals surface area contributed by atoms with Crippen LogP contribution in [0.1, 0.15) is 23.2 Å². The van der Waals surface area contributed by atoms with Gasteiger partial charge < -0.3 is 4.90 Å². The molecule has 2 aromatic rings. The molecule has 2 amide bonds. The molecule has 3 rings (SSSR count). The number of nitrogens with zero attached hydrogens (tertiary/aromatic N) is 1. The lowest BCUT2D eigenvalue weighted by atomic mass is 9.95. The molecule has 1 aliphatic heterocycles. The van der Waals surface area contributed by atoms with Gasteiger partial charge in [-0.3, -0.25) is 20.4 Å². The van der Waals surface area contributed by atoms with Gasteiger partial charge in [-0.05, 0) is 49.2 Å². The Morgan fingerprint density at radius 2 is 1.57 bits per heavy atom. The third kappa shape index (κ3) is 4.87. The number of carbonyl (C=O) groups is 2. The maximum absolute atomic E-state index is 13.0. The molecule has 0 spiro atoms. The molecule has 0 aromatic heterocycles. The van der Waals surface area contributed by atoms with E-state index in [1.165, 1.54) is 36.4 Å². The van der Waals surface area contributed by atoms with Gasteiger partial charge in [-0.1, -0.05) is 34.8 Å². The van der Waals surface area contributed by atoms with Gasteiger partial charge >= 0.3 is 0 Å². The van der Waals surface area contributed by atoms with Crippen molar-refractivity contribution in [1.29, 1.82) is 0 Å². The first-order chi connectivity index (χ1) is 13.3. The van der Waals surface area contributed by atoms with E-state index in [-0.39, 0.29) is 33.6 Å². The molecule has 0 saturated carbocycles. The van der Waals surface area contributed by atoms with Gasteiger partial charge in [0.1, 0.15) is 5.82 Å². The van der Waals surface area contributed by atoms with Gasteiger partial charge in [-0.2, -0.15) is 0 Å². The van der Waals surface area contributed by atoms with Crippen LogP contribution in [-0.2, 0) is 4.79 Å². The number of amides is 2. The molecule has 1 aliphatic rings. The first-order valence-electron chi connectivity index (χ1n) is 8.60. The van der Waals surface area contributed by atoms with Crippen LogP contribution in [0.4, 0.5) is 10.1 Å². The topological polar surface area (TPSA) is 61.4 Å². The van der Waals surface area contributed by atoms with Gasteiger partial charge in [0.25, 0.3) is 5.91 Å². The Morgan fingerprint density at radius 1 is 1.00 bits per heavy atom. The summed E-state index contributed by atoms with van der Waals surface area (Å²) in [7, 11) is 0. The minimum atomic E-state index is -0.389. The summed E-state index contributed by atoms with van der Waals surface area (Å²) < 4.78 is 13.0. The molecule has 5 nitrogen and oxygen atoms in total. The van der Waals surface area contributed by atoms with E-state index in [0.717, 1.165) is 0 Å². The van der Waals surface area contributed by atoms with Crippen LogP contribution in [0.2, 0.25) is 15.1 Å². The Balaban J connectivity index is 1.53. The van der Waals surface area contributed by atoms with Crippen molar-refractivity contribution in [3.8, 4) is 0 Å². The van der Waals surface area contributed by atoms with E-state index in [9.17, 15) is 14.0 Å². The molecule has 1 saturated heterocycles. The molecular weight excluding hydrogens is 428 g/mol. The fourth-order valence-electron chi connectivity index (χ4n) is 3.01. The van der Waals surface area contributed by atoms with Crippen LogP contribution in [0.15, 0.2) is 36.4 Å². The van der Waals surface area contributed by atoms with E-state index in [4.69, 9.17) is 34.8 Å². The Morgan fingerprint density at radius 3 is 2.14 bits per heavy atom. The Labute approximate surface area is 176 Å². The minimum Gasteiger partial charge on any atom is -0.339 e. The van der Waals surface area contributed by atoms with Gasteiger partial charge in [0, 0.05) is 29.6 Å². The van der Waals surface area contributed by atoms with Crippen LogP contribution >= 0.6 is 34.8 Å². The lowest BCUT2D eigenvalue weighted by molar-refractivity contribution is -0.125. The first kappa shape index (κ1) is 20.7. The van der Waals surface area contributed by atoms with Crippen molar-refractivity contribution in [2.45, 2.75) is 12.8 Å². The van der Waals surface area contributed by atoms with Crippen LogP contribution < -0.4 is 10.9 Å². The van der Waals surface area contributed by atoms with E-state index in [1.807, 2.05) is 0 Å². The number of halogens is 4. The molecule has 2 N–H and O–H groups in total. The smallest absolute Gasteiger partial charge is 0.253 e. The Bertz CT molecular complexity index is 861. The molecule has 0 atom stereocenters. The zero-order valence-corrected chi connectivity index (χ0v) is 16.9. The van der Waals surface area contributed by atoms with Gasteiger partial charge in [0.2, 0.25) is 5.91 Å². The second kappa shape index (κ2) is 8.99. The first-order valence-corrected chi connectivity index (χ1v) is 9.74. The molecule has 1 fully saturated rings. The predicted octanol–water partition coefficient (Wildman–Crippen LogP) is 4.78. The third-order valence-corrected chi connectivity index (χ3v) is 5.38. The lowest BCUT2D eigenvalue weighted by Gasteiger charge is -2.31. The highest BCUT2D eigenvalue weighted by atomic mass is 35.5. The summed E-state index contributed by atoms with van der Waals surface area (Å²) in [6, 6.07) is 8.46. The Hall–Kier alpha value is -2.02. The number of hydrogen-bond acceptors (Lipinski definition) is 3. The molecule has 28 heavy (non-hydrogen) atoms.